The van der Waals surface area contributed by atoms with Gasteiger partial charge >= 0.3 is 0 Å². The smallest absolute Gasteiger partial charge is 0.151 e. The van der Waals surface area contributed by atoms with E-state index in [0.717, 1.165) is 25.8 Å². The van der Waals surface area contributed by atoms with Crippen LogP contribution in [0.15, 0.2) is 0 Å². The molecule has 0 aromatic carbocycles. The summed E-state index contributed by atoms with van der Waals surface area (Å²) < 4.78 is 22.9. The van der Waals surface area contributed by atoms with E-state index in [-0.39, 0.29) is 0 Å². The summed E-state index contributed by atoms with van der Waals surface area (Å²) in [4.78, 5) is 2.24. The molecule has 1 saturated heterocycles. The van der Waals surface area contributed by atoms with Crippen molar-refractivity contribution in [2.45, 2.75) is 32.2 Å². The first-order chi connectivity index (χ1) is 7.09. The van der Waals surface area contributed by atoms with Crippen LogP contribution in [0.2, 0.25) is 0 Å². The minimum Gasteiger partial charge on any atom is -0.329 e. The lowest BCUT2D eigenvalue weighted by Gasteiger charge is -2.28. The van der Waals surface area contributed by atoms with E-state index in [1.807, 2.05) is 0 Å². The zero-order valence-electron chi connectivity index (χ0n) is 9.48. The highest BCUT2D eigenvalue weighted by molar-refractivity contribution is 7.91. The third-order valence-corrected chi connectivity index (χ3v) is 4.72. The van der Waals surface area contributed by atoms with Crippen molar-refractivity contribution in [1.82, 2.24) is 4.90 Å². The molecule has 1 heterocycles. The second-order valence-corrected chi connectivity index (χ2v) is 6.52. The maximum Gasteiger partial charge on any atom is 0.151 e. The SMILES string of the molecule is CCCC(CN)N1CCCS(=O)(=O)CC1. The van der Waals surface area contributed by atoms with Crippen LogP contribution in [-0.2, 0) is 9.84 Å². The minimum atomic E-state index is -2.79. The quantitative estimate of drug-likeness (QED) is 0.756. The van der Waals surface area contributed by atoms with Gasteiger partial charge in [0.1, 0.15) is 0 Å². The van der Waals surface area contributed by atoms with Crippen LogP contribution in [0.1, 0.15) is 26.2 Å². The maximum absolute atomic E-state index is 11.4. The average molecular weight is 234 g/mol. The molecule has 0 saturated carbocycles. The van der Waals surface area contributed by atoms with Gasteiger partial charge in [-0.05, 0) is 19.4 Å². The van der Waals surface area contributed by atoms with Crippen molar-refractivity contribution in [3.8, 4) is 0 Å². The van der Waals surface area contributed by atoms with Gasteiger partial charge in [0.05, 0.1) is 11.5 Å². The summed E-state index contributed by atoms with van der Waals surface area (Å²) in [6.07, 6.45) is 2.92. The lowest BCUT2D eigenvalue weighted by molar-refractivity contribution is 0.204. The van der Waals surface area contributed by atoms with Crippen LogP contribution in [-0.4, -0.2) is 50.5 Å². The molecule has 1 atom stereocenters. The molecule has 0 aromatic heterocycles. The second kappa shape index (κ2) is 5.82. The highest BCUT2D eigenvalue weighted by Gasteiger charge is 2.23. The molecule has 1 aliphatic rings. The first kappa shape index (κ1) is 12.9. The Hall–Kier alpha value is -0.130. The van der Waals surface area contributed by atoms with Crippen LogP contribution in [0.4, 0.5) is 0 Å². The van der Waals surface area contributed by atoms with Crippen molar-refractivity contribution < 1.29 is 8.42 Å². The summed E-state index contributed by atoms with van der Waals surface area (Å²) in [6.45, 7) is 4.30. The Bertz CT molecular complexity index is 277. The molecule has 0 spiro atoms. The minimum absolute atomic E-state index is 0.299. The third-order valence-electron chi connectivity index (χ3n) is 3.00. The number of hydrogen-bond donors (Lipinski definition) is 1. The molecule has 2 N–H and O–H groups in total. The number of nitrogens with zero attached hydrogens (tertiary/aromatic N) is 1. The first-order valence-corrected chi connectivity index (χ1v) is 7.55. The Morgan fingerprint density at radius 1 is 1.33 bits per heavy atom. The zero-order chi connectivity index (χ0) is 11.3. The molecule has 1 aliphatic heterocycles. The Morgan fingerprint density at radius 2 is 2.07 bits per heavy atom. The fourth-order valence-electron chi connectivity index (χ4n) is 2.11. The lowest BCUT2D eigenvalue weighted by Crippen LogP contribution is -2.42. The van der Waals surface area contributed by atoms with Crippen molar-refractivity contribution in [1.29, 1.82) is 0 Å². The molecular weight excluding hydrogens is 212 g/mol. The van der Waals surface area contributed by atoms with Crippen molar-refractivity contribution >= 4 is 9.84 Å². The molecule has 1 rings (SSSR count). The summed E-state index contributed by atoms with van der Waals surface area (Å²) >= 11 is 0. The van der Waals surface area contributed by atoms with Crippen LogP contribution < -0.4 is 5.73 Å². The third kappa shape index (κ3) is 4.09. The van der Waals surface area contributed by atoms with Gasteiger partial charge in [0.25, 0.3) is 0 Å². The monoisotopic (exact) mass is 234 g/mol. The van der Waals surface area contributed by atoms with Crippen LogP contribution >= 0.6 is 0 Å². The van der Waals surface area contributed by atoms with Gasteiger partial charge in [-0.1, -0.05) is 13.3 Å². The van der Waals surface area contributed by atoms with Crippen LogP contribution in [0, 0.1) is 0 Å². The summed E-state index contributed by atoms with van der Waals surface area (Å²) in [5, 5.41) is 0. The van der Waals surface area contributed by atoms with Crippen molar-refractivity contribution in [3.63, 3.8) is 0 Å². The molecule has 1 fully saturated rings. The van der Waals surface area contributed by atoms with Gasteiger partial charge < -0.3 is 5.73 Å². The number of rotatable bonds is 4. The summed E-state index contributed by atoms with van der Waals surface area (Å²) in [5.41, 5.74) is 5.72. The number of sulfone groups is 1. The van der Waals surface area contributed by atoms with E-state index in [2.05, 4.69) is 11.8 Å². The van der Waals surface area contributed by atoms with Crippen molar-refractivity contribution in [2.75, 3.05) is 31.1 Å². The highest BCUT2D eigenvalue weighted by Crippen LogP contribution is 2.11. The van der Waals surface area contributed by atoms with E-state index in [1.54, 1.807) is 0 Å². The molecule has 4 nitrogen and oxygen atoms in total. The van der Waals surface area contributed by atoms with Crippen LogP contribution in [0.25, 0.3) is 0 Å². The molecule has 90 valence electrons. The van der Waals surface area contributed by atoms with E-state index < -0.39 is 9.84 Å². The average Bonchev–Trinajstić information content (AvgIpc) is 2.36. The van der Waals surface area contributed by atoms with Gasteiger partial charge in [-0.25, -0.2) is 8.42 Å². The maximum atomic E-state index is 11.4. The molecule has 0 aliphatic carbocycles. The highest BCUT2D eigenvalue weighted by atomic mass is 32.2. The van der Waals surface area contributed by atoms with E-state index in [0.29, 0.717) is 30.6 Å². The van der Waals surface area contributed by atoms with Gasteiger partial charge in [-0.2, -0.15) is 0 Å². The van der Waals surface area contributed by atoms with Gasteiger partial charge in [-0.3, -0.25) is 4.90 Å². The predicted molar refractivity (Wildman–Crippen MR) is 62.6 cm³/mol. The lowest BCUT2D eigenvalue weighted by atomic mass is 10.1. The molecule has 0 amide bonds. The Balaban J connectivity index is 2.55. The van der Waals surface area contributed by atoms with Crippen LogP contribution in [0.5, 0.6) is 0 Å². The topological polar surface area (TPSA) is 63.4 Å². The van der Waals surface area contributed by atoms with E-state index in [4.69, 9.17) is 5.73 Å². The fourth-order valence-corrected chi connectivity index (χ4v) is 3.39. The summed E-state index contributed by atoms with van der Waals surface area (Å²) in [7, 11) is -2.79. The Kier molecular flexibility index (Phi) is 5.02. The first-order valence-electron chi connectivity index (χ1n) is 5.73. The van der Waals surface area contributed by atoms with E-state index in [1.165, 1.54) is 0 Å². The fraction of sp³-hybridized carbons (Fsp3) is 1.00. The number of nitrogens with two attached hydrogens (primary N) is 1. The normalized spacial score (nSPS) is 24.7. The van der Waals surface area contributed by atoms with Crippen molar-refractivity contribution in [2.24, 2.45) is 5.73 Å². The molecule has 1 unspecified atom stereocenters. The largest absolute Gasteiger partial charge is 0.329 e. The molecule has 0 radical (unpaired) electrons. The van der Waals surface area contributed by atoms with Gasteiger partial charge in [-0.15, -0.1) is 0 Å². The van der Waals surface area contributed by atoms with Gasteiger partial charge in [0, 0.05) is 19.1 Å². The standard InChI is InChI=1S/C10H22N2O2S/c1-2-4-10(9-11)12-5-3-7-15(13,14)8-6-12/h10H,2-9,11H2,1H3. The van der Waals surface area contributed by atoms with E-state index in [9.17, 15) is 8.42 Å². The molecule has 0 bridgehead atoms. The van der Waals surface area contributed by atoms with E-state index >= 15 is 0 Å². The zero-order valence-corrected chi connectivity index (χ0v) is 10.3. The molecule has 5 heteroatoms. The van der Waals surface area contributed by atoms with Gasteiger partial charge in [0.15, 0.2) is 9.84 Å². The number of hydrogen-bond acceptors (Lipinski definition) is 4. The Labute approximate surface area is 92.7 Å². The van der Waals surface area contributed by atoms with Crippen LogP contribution in [0.3, 0.4) is 0 Å². The second-order valence-electron chi connectivity index (χ2n) is 4.22. The predicted octanol–water partition coefficient (Wildman–Crippen LogP) is 0.234. The molecule has 15 heavy (non-hydrogen) atoms. The Morgan fingerprint density at radius 3 is 2.67 bits per heavy atom. The van der Waals surface area contributed by atoms with Crippen molar-refractivity contribution in [3.05, 3.63) is 0 Å². The molecular formula is C10H22N2O2S. The molecule has 0 aromatic rings. The summed E-state index contributed by atoms with van der Waals surface area (Å²) in [6, 6.07) is 0.364. The summed E-state index contributed by atoms with van der Waals surface area (Å²) in [5.74, 6) is 0.639. The van der Waals surface area contributed by atoms with Gasteiger partial charge in [0.2, 0.25) is 0 Å².